The maximum Gasteiger partial charge on any atom is 0.306 e. The normalized spacial score (nSPS) is 12.9. The average Bonchev–Trinajstić information content (AvgIpc) is 1.58. The number of hydrogen-bond acceptors (Lipinski definition) is 14. The Morgan fingerprint density at radius 3 is 0.763 bits per heavy atom. The summed E-state index contributed by atoms with van der Waals surface area (Å²) in [6, 6.07) is 87.3. The van der Waals surface area contributed by atoms with E-state index in [1.165, 1.54) is 145 Å². The maximum absolute atomic E-state index is 13.2. The molecule has 0 spiro atoms. The van der Waals surface area contributed by atoms with E-state index >= 15 is 0 Å². The van der Waals surface area contributed by atoms with Gasteiger partial charge in [-0.25, -0.2) is 0 Å². The Bertz CT molecular complexity index is 6030. The standard InChI is InChI=1S/C56H54O4S4.C44H34O2S4/c1-5-7-9-11-53(57)59-45(29-37-17-25-41(26-18-37)39-21-13-35(3)14-22-39)49-33-51-55(63-49)43-31-48-44(32-47(43)61-51)56-52(62-48)34-50(64-56)46(60-54(58)12-10-8-6-2)30-38-19-27-42(28-20-38)40-23-15-36(4)16-24-40;1-25-3-11-29(12-4-25)31-15-7-27(8-16-31)19-35(45)39-23-41-43(49-39)33-21-38-34(22-37(33)47-41)44-42(48-38)24-40(50-44)36(46)20-28-9-17-32(18-10-28)30-13-5-26(2)6-14-30/h13-28,31-34,45-46H,5-12,29-30H2,1-4H3;3-18,21-24,35-36,45-46H,19-20H2,1-2H3. The predicted molar refractivity (Wildman–Crippen MR) is 493 cm³/mol. The number of fused-ring (bicyclic) bond motifs is 12. The Balaban J connectivity index is 0.000000169. The van der Waals surface area contributed by atoms with Crippen molar-refractivity contribution in [3.05, 3.63) is 307 Å². The summed E-state index contributed by atoms with van der Waals surface area (Å²) in [7, 11) is 0. The quantitative estimate of drug-likeness (QED) is 0.0414. The summed E-state index contributed by atoms with van der Waals surface area (Å²) in [6.45, 7) is 12.7. The molecule has 114 heavy (non-hydrogen) atoms. The second kappa shape index (κ2) is 34.3. The fourth-order valence-electron chi connectivity index (χ4n) is 15.2. The van der Waals surface area contributed by atoms with E-state index in [2.05, 4.69) is 284 Å². The number of carbonyl (C=O) groups excluding carboxylic acids is 2. The number of ether oxygens (including phenoxy) is 2. The van der Waals surface area contributed by atoms with Gasteiger partial charge in [0.05, 0.1) is 31.0 Å². The Kier molecular flexibility index (Phi) is 23.2. The van der Waals surface area contributed by atoms with Gasteiger partial charge in [0.15, 0.2) is 0 Å². The Hall–Kier alpha value is -9.26. The summed E-state index contributed by atoms with van der Waals surface area (Å²) >= 11 is 14.2. The lowest BCUT2D eigenvalue weighted by Gasteiger charge is -2.17. The van der Waals surface area contributed by atoms with Crippen LogP contribution in [0.25, 0.3) is 122 Å². The molecule has 18 rings (SSSR count). The number of benzene rings is 10. The van der Waals surface area contributed by atoms with Gasteiger partial charge >= 0.3 is 11.9 Å². The molecule has 0 aliphatic heterocycles. The highest BCUT2D eigenvalue weighted by atomic mass is 32.1. The zero-order valence-corrected chi connectivity index (χ0v) is 71.2. The summed E-state index contributed by atoms with van der Waals surface area (Å²) in [4.78, 5) is 30.7. The van der Waals surface area contributed by atoms with Crippen LogP contribution in [0.3, 0.4) is 0 Å². The summed E-state index contributed by atoms with van der Waals surface area (Å²) in [5.41, 5.74) is 19.1. The van der Waals surface area contributed by atoms with Gasteiger partial charge in [0, 0.05) is 117 Å². The van der Waals surface area contributed by atoms with Crippen LogP contribution in [-0.4, -0.2) is 22.2 Å². The number of esters is 2. The molecule has 0 aliphatic carbocycles. The molecular formula is C100H88O6S8. The molecule has 0 bridgehead atoms. The second-order valence-corrected chi connectivity index (χ2v) is 39.1. The Morgan fingerprint density at radius 1 is 0.281 bits per heavy atom. The first-order valence-electron chi connectivity index (χ1n) is 39.6. The van der Waals surface area contributed by atoms with Crippen LogP contribution in [0.15, 0.2) is 243 Å². The van der Waals surface area contributed by atoms with Crippen LogP contribution in [0.1, 0.15) is 154 Å². The number of rotatable bonds is 26. The van der Waals surface area contributed by atoms with Gasteiger partial charge in [0.25, 0.3) is 0 Å². The summed E-state index contributed by atoms with van der Waals surface area (Å²) in [6.07, 6.45) is 7.42. The third-order valence-corrected chi connectivity index (χ3v) is 31.7. The molecule has 0 aliphatic rings. The number of aliphatic hydroxyl groups excluding tert-OH is 2. The number of carbonyl (C=O) groups is 2. The van der Waals surface area contributed by atoms with Gasteiger partial charge in [-0.15, -0.1) is 90.7 Å². The van der Waals surface area contributed by atoms with E-state index in [-0.39, 0.29) is 24.1 Å². The highest BCUT2D eigenvalue weighted by molar-refractivity contribution is 7.35. The maximum atomic E-state index is 13.2. The van der Waals surface area contributed by atoms with Gasteiger partial charge in [-0.05, 0) is 156 Å². The van der Waals surface area contributed by atoms with Gasteiger partial charge < -0.3 is 19.7 Å². The number of thiophene rings is 8. The number of aryl methyl sites for hydroxylation is 4. The third kappa shape index (κ3) is 17.2. The van der Waals surface area contributed by atoms with E-state index in [9.17, 15) is 19.8 Å². The first-order chi connectivity index (χ1) is 55.5. The van der Waals surface area contributed by atoms with Crippen LogP contribution in [0, 0.1) is 27.7 Å². The first kappa shape index (κ1) is 77.3. The molecule has 4 atom stereocenters. The van der Waals surface area contributed by atoms with Crippen molar-refractivity contribution in [3.8, 4) is 44.5 Å². The highest BCUT2D eigenvalue weighted by Gasteiger charge is 2.27. The van der Waals surface area contributed by atoms with Crippen molar-refractivity contribution in [2.45, 2.75) is 143 Å². The Morgan fingerprint density at radius 2 is 0.509 bits per heavy atom. The van der Waals surface area contributed by atoms with Crippen molar-refractivity contribution < 1.29 is 29.3 Å². The topological polar surface area (TPSA) is 93.1 Å². The lowest BCUT2D eigenvalue weighted by atomic mass is 10.0. The smallest absolute Gasteiger partial charge is 0.306 e. The van der Waals surface area contributed by atoms with E-state index in [1.807, 2.05) is 45.3 Å². The minimum atomic E-state index is -0.536. The summed E-state index contributed by atoms with van der Waals surface area (Å²) < 4.78 is 27.6. The van der Waals surface area contributed by atoms with Crippen molar-refractivity contribution in [1.82, 2.24) is 0 Å². The lowest BCUT2D eigenvalue weighted by Crippen LogP contribution is -2.13. The number of hydrogen-bond donors (Lipinski definition) is 2. The molecule has 4 unspecified atom stereocenters. The minimum absolute atomic E-state index is 0.124. The van der Waals surface area contributed by atoms with Crippen molar-refractivity contribution in [1.29, 1.82) is 0 Å². The molecule has 8 heterocycles. The zero-order chi connectivity index (χ0) is 78.1. The summed E-state index contributed by atoms with van der Waals surface area (Å²) in [5, 5.41) is 27.5. The molecule has 6 nitrogen and oxygen atoms in total. The zero-order valence-electron chi connectivity index (χ0n) is 64.7. The SMILES string of the molecule is CCCCCC(=O)OC(Cc1ccc(-c2ccc(C)cc2)cc1)c1cc2sc3cc4c(cc3c2s1)sc1cc(C(Cc2ccc(-c3ccc(C)cc3)cc2)OC(=O)CCCCC)sc14.Cc1ccc(-c2ccc(CC(O)c3cc4sc5cc6c(cc5c4s3)sc3cc(C(O)Cc4ccc(-c5ccc(C)cc5)cc4)sc36)cc2)cc1. The molecular weight excluding hydrogens is 1550 g/mol. The van der Waals surface area contributed by atoms with Crippen LogP contribution in [0.4, 0.5) is 0 Å². The van der Waals surface area contributed by atoms with E-state index < -0.39 is 12.2 Å². The van der Waals surface area contributed by atoms with Crippen LogP contribution < -0.4 is 0 Å². The molecule has 0 saturated heterocycles. The van der Waals surface area contributed by atoms with Crippen LogP contribution >= 0.6 is 90.7 Å². The largest absolute Gasteiger partial charge is 0.456 e. The van der Waals surface area contributed by atoms with Gasteiger partial charge in [-0.2, -0.15) is 0 Å². The van der Waals surface area contributed by atoms with Crippen LogP contribution in [0.2, 0.25) is 0 Å². The van der Waals surface area contributed by atoms with Crippen LogP contribution in [-0.2, 0) is 44.7 Å². The predicted octanol–water partition coefficient (Wildman–Crippen LogP) is 30.4. The molecule has 0 fully saturated rings. The monoisotopic (exact) mass is 1640 g/mol. The molecule has 10 aromatic carbocycles. The molecule has 0 radical (unpaired) electrons. The first-order valence-corrected chi connectivity index (χ1v) is 46.1. The van der Waals surface area contributed by atoms with Gasteiger partial charge in [-0.1, -0.05) is 256 Å². The van der Waals surface area contributed by atoms with Crippen molar-refractivity contribution in [2.75, 3.05) is 0 Å². The fraction of sp³-hybridized carbons (Fsp3) is 0.220. The molecule has 0 saturated carbocycles. The highest BCUT2D eigenvalue weighted by Crippen LogP contribution is 2.51. The van der Waals surface area contributed by atoms with Gasteiger partial charge in [0.1, 0.15) is 12.2 Å². The number of aliphatic hydroxyl groups is 2. The van der Waals surface area contributed by atoms with E-state index in [4.69, 9.17) is 9.47 Å². The summed E-state index contributed by atoms with van der Waals surface area (Å²) in [5.74, 6) is -0.249. The molecule has 18 aromatic rings. The lowest BCUT2D eigenvalue weighted by molar-refractivity contribution is -0.150. The van der Waals surface area contributed by atoms with E-state index in [1.54, 1.807) is 45.3 Å². The molecule has 14 heteroatoms. The van der Waals surface area contributed by atoms with Gasteiger partial charge in [-0.3, -0.25) is 9.59 Å². The number of unbranched alkanes of at least 4 members (excludes halogenated alkanes) is 4. The van der Waals surface area contributed by atoms with Gasteiger partial charge in [0.2, 0.25) is 0 Å². The fourth-order valence-corrected chi connectivity index (χ4v) is 25.4. The third-order valence-electron chi connectivity index (χ3n) is 21.8. The van der Waals surface area contributed by atoms with Crippen molar-refractivity contribution in [2.24, 2.45) is 0 Å². The molecule has 2 N–H and O–H groups in total. The van der Waals surface area contributed by atoms with E-state index in [0.717, 1.165) is 80.3 Å². The van der Waals surface area contributed by atoms with Crippen molar-refractivity contribution in [3.63, 3.8) is 0 Å². The average molecular weight is 1640 g/mol. The van der Waals surface area contributed by atoms with Crippen LogP contribution in [0.5, 0.6) is 0 Å². The molecule has 572 valence electrons. The second-order valence-electron chi connectivity index (χ2n) is 30.4. The minimum Gasteiger partial charge on any atom is -0.456 e. The Labute approximate surface area is 697 Å². The molecule has 0 amide bonds. The van der Waals surface area contributed by atoms with Crippen molar-refractivity contribution >= 4 is 181 Å². The van der Waals surface area contributed by atoms with E-state index in [0.29, 0.717) is 38.5 Å². The molecule has 8 aromatic heterocycles.